The zero-order chi connectivity index (χ0) is 0. The van der Waals surface area contributed by atoms with E-state index in [0.29, 0.717) is 0 Å². The Hall–Kier alpha value is 0.383. The van der Waals surface area contributed by atoms with Gasteiger partial charge in [-0.2, -0.15) is 0 Å². The summed E-state index contributed by atoms with van der Waals surface area (Å²) in [6, 6.07) is 0. The van der Waals surface area contributed by atoms with E-state index in [1.165, 1.54) is 0 Å². The summed E-state index contributed by atoms with van der Waals surface area (Å²) in [4.78, 5) is 0. The van der Waals surface area contributed by atoms with E-state index in [1.807, 2.05) is 0 Å². The normalized spacial score (nSPS) is 0. The summed E-state index contributed by atoms with van der Waals surface area (Å²) in [7, 11) is 0. The van der Waals surface area contributed by atoms with Crippen LogP contribution < -0.4 is 0 Å². The predicted molar refractivity (Wildman–Crippen MR) is 21.7 cm³/mol. The molecule has 0 amide bonds. The van der Waals surface area contributed by atoms with Crippen molar-refractivity contribution in [3.8, 4) is 0 Å². The molecule has 0 aliphatic carbocycles. The average Bonchev–Trinajstić information content (AvgIpc) is 0. The van der Waals surface area contributed by atoms with Gasteiger partial charge in [-0.1, -0.05) is 0 Å². The Morgan fingerprint density at radius 3 is 0.286 bits per heavy atom. The monoisotopic (exact) mass is 172 g/mol. The second-order valence-corrected chi connectivity index (χ2v) is 0. The Bertz CT molecular complexity index is 4.14. The largest absolute Gasteiger partial charge is 2.00 e. The second-order valence-electron chi connectivity index (χ2n) is 0. The van der Waals surface area contributed by atoms with Crippen molar-refractivity contribution >= 4 is 0 Å². The fourth-order valence-corrected chi connectivity index (χ4v) is 0. The first-order valence-corrected chi connectivity index (χ1v) is 0. The Labute approximate surface area is 53.1 Å². The van der Waals surface area contributed by atoms with Crippen LogP contribution in [0.1, 0.15) is 0 Å². The summed E-state index contributed by atoms with van der Waals surface area (Å²) in [5, 5.41) is 0. The van der Waals surface area contributed by atoms with E-state index in [4.69, 9.17) is 0 Å². The minimum atomic E-state index is 0. The zero-order valence-electron chi connectivity index (χ0n) is 3.71. The molecule has 0 aliphatic rings. The Kier molecular flexibility index (Phi) is 368000. The summed E-state index contributed by atoms with van der Waals surface area (Å²) >= 11 is 0. The molecule has 0 saturated carbocycles. The first-order chi connectivity index (χ1) is 0. The smallest absolute Gasteiger partial charge is 0.412 e. The molecule has 0 aromatic rings. The van der Waals surface area contributed by atoms with Gasteiger partial charge in [-0.25, -0.2) is 0 Å². The third-order valence-electron chi connectivity index (χ3n) is 0. The second kappa shape index (κ2) is 1260. The van der Waals surface area contributed by atoms with Crippen LogP contribution in [0.2, 0.25) is 0 Å². The van der Waals surface area contributed by atoms with Crippen molar-refractivity contribution in [2.24, 2.45) is 0 Å². The summed E-state index contributed by atoms with van der Waals surface area (Å²) < 4.78 is 0. The van der Waals surface area contributed by atoms with Crippen molar-refractivity contribution in [2.75, 3.05) is 0 Å². The van der Waals surface area contributed by atoms with Crippen LogP contribution in [-0.4, -0.2) is 32.9 Å². The number of hydrogen-bond acceptors (Lipinski definition) is 0. The van der Waals surface area contributed by atoms with Gasteiger partial charge in [0.2, 0.25) is 0 Å². The van der Waals surface area contributed by atoms with Crippen LogP contribution in [0.25, 0.3) is 0 Å². The molecule has 0 radical (unpaired) electrons. The molecule has 7 heteroatoms. The van der Waals surface area contributed by atoms with Crippen molar-refractivity contribution in [2.45, 2.75) is 0 Å². The summed E-state index contributed by atoms with van der Waals surface area (Å²) in [6.45, 7) is 0. The third-order valence-corrected chi connectivity index (χ3v) is 0. The molecule has 48 valence electrons. The maximum atomic E-state index is 0. The molecule has 0 aliphatic heterocycles. The topological polar surface area (TPSA) is 189 Å². The Morgan fingerprint density at radius 1 is 0.286 bits per heavy atom. The van der Waals surface area contributed by atoms with Gasteiger partial charge in [-0.3, -0.25) is 0 Å². The first-order valence-electron chi connectivity index (χ1n) is 0. The molecule has 6 nitrogen and oxygen atoms in total. The molecule has 0 bridgehead atoms. The van der Waals surface area contributed by atoms with Crippen LogP contribution >= 0.6 is 0 Å². The first kappa shape index (κ1) is 2050. The molecular weight excluding hydrogens is 161 g/mol. The minimum absolute atomic E-state index is 0. The molecule has 0 spiro atoms. The van der Waals surface area contributed by atoms with Gasteiger partial charge in [0.15, 0.2) is 0 Å². The molecular formula is H12O6Zn+2. The summed E-state index contributed by atoms with van der Waals surface area (Å²) in [5.74, 6) is 0. The molecule has 0 saturated heterocycles. The van der Waals surface area contributed by atoms with Crippen molar-refractivity contribution in [3.05, 3.63) is 0 Å². The van der Waals surface area contributed by atoms with E-state index in [9.17, 15) is 0 Å². The third kappa shape index (κ3) is 834. The maximum Gasteiger partial charge on any atom is 2.00 e. The van der Waals surface area contributed by atoms with E-state index in [0.717, 1.165) is 0 Å². The Morgan fingerprint density at radius 2 is 0.286 bits per heavy atom. The van der Waals surface area contributed by atoms with Gasteiger partial charge in [0.25, 0.3) is 0 Å². The molecule has 0 heterocycles. The summed E-state index contributed by atoms with van der Waals surface area (Å²) in [5.41, 5.74) is 0. The molecule has 0 aromatic heterocycles. The van der Waals surface area contributed by atoms with E-state index >= 15 is 0 Å². The van der Waals surface area contributed by atoms with Crippen LogP contribution in [0.15, 0.2) is 0 Å². The molecule has 0 atom stereocenters. The fourth-order valence-electron chi connectivity index (χ4n) is 0. The van der Waals surface area contributed by atoms with Crippen molar-refractivity contribution in [1.29, 1.82) is 0 Å². The predicted octanol–water partition coefficient (Wildman–Crippen LogP) is -4.95. The van der Waals surface area contributed by atoms with E-state index in [1.54, 1.807) is 0 Å². The van der Waals surface area contributed by atoms with E-state index in [-0.39, 0.29) is 52.3 Å². The van der Waals surface area contributed by atoms with Gasteiger partial charge in [0, 0.05) is 0 Å². The molecule has 0 fully saturated rings. The standard InChI is InChI=1S/6H2O.Zn/h6*1H2;/q;;;;;;+2. The number of rotatable bonds is 0. The van der Waals surface area contributed by atoms with Crippen LogP contribution in [0, 0.1) is 0 Å². The van der Waals surface area contributed by atoms with Gasteiger partial charge in [-0.15, -0.1) is 0 Å². The van der Waals surface area contributed by atoms with Gasteiger partial charge < -0.3 is 32.9 Å². The van der Waals surface area contributed by atoms with Gasteiger partial charge in [0.1, 0.15) is 0 Å². The molecule has 7 heavy (non-hydrogen) atoms. The van der Waals surface area contributed by atoms with Gasteiger partial charge in [0.05, 0.1) is 0 Å². The molecule has 0 rings (SSSR count). The van der Waals surface area contributed by atoms with Crippen molar-refractivity contribution in [1.82, 2.24) is 0 Å². The van der Waals surface area contributed by atoms with Gasteiger partial charge >= 0.3 is 19.5 Å². The molecule has 0 unspecified atom stereocenters. The maximum absolute atomic E-state index is 0. The number of hydrogen-bond donors (Lipinski definition) is 0. The SMILES string of the molecule is O.O.O.O.O.O.[Zn+2]. The van der Waals surface area contributed by atoms with E-state index < -0.39 is 0 Å². The fraction of sp³-hybridized carbons (Fsp3) is 0. The van der Waals surface area contributed by atoms with Crippen LogP contribution in [0.3, 0.4) is 0 Å². The van der Waals surface area contributed by atoms with Crippen LogP contribution in [0.5, 0.6) is 0 Å². The zero-order valence-corrected chi connectivity index (χ0v) is 6.67. The van der Waals surface area contributed by atoms with Gasteiger partial charge in [-0.05, 0) is 0 Å². The Balaban J connectivity index is 0. The van der Waals surface area contributed by atoms with Crippen molar-refractivity contribution in [3.63, 3.8) is 0 Å². The average molecular weight is 173 g/mol. The quantitative estimate of drug-likeness (QED) is 0.317. The molecule has 0 aromatic carbocycles. The van der Waals surface area contributed by atoms with E-state index in [2.05, 4.69) is 0 Å². The minimum Gasteiger partial charge on any atom is -0.412 e. The summed E-state index contributed by atoms with van der Waals surface area (Å²) in [6.07, 6.45) is 0. The van der Waals surface area contributed by atoms with Crippen LogP contribution in [-0.2, 0) is 19.5 Å². The van der Waals surface area contributed by atoms with Crippen molar-refractivity contribution < 1.29 is 52.3 Å². The van der Waals surface area contributed by atoms with Crippen LogP contribution in [0.4, 0.5) is 0 Å². The molecule has 12 N–H and O–H groups in total.